The van der Waals surface area contributed by atoms with Gasteiger partial charge in [-0.2, -0.15) is 0 Å². The summed E-state index contributed by atoms with van der Waals surface area (Å²) in [5, 5.41) is 0. The van der Waals surface area contributed by atoms with Crippen molar-refractivity contribution < 1.29 is 14.2 Å². The predicted octanol–water partition coefficient (Wildman–Crippen LogP) is 1.52. The summed E-state index contributed by atoms with van der Waals surface area (Å²) in [6.07, 6.45) is 0.932. The van der Waals surface area contributed by atoms with Crippen LogP contribution in [0.2, 0.25) is 0 Å². The van der Waals surface area contributed by atoms with Crippen molar-refractivity contribution in [2.75, 3.05) is 13.2 Å². The first kappa shape index (κ1) is 8.48. The van der Waals surface area contributed by atoms with Crippen molar-refractivity contribution in [2.24, 2.45) is 5.92 Å². The van der Waals surface area contributed by atoms with Gasteiger partial charge in [0.15, 0.2) is 0 Å². The lowest BCUT2D eigenvalue weighted by molar-refractivity contribution is -0.386. The maximum absolute atomic E-state index is 5.79. The van der Waals surface area contributed by atoms with Crippen molar-refractivity contribution in [3.05, 3.63) is 0 Å². The number of rotatable bonds is 1. The fourth-order valence-corrected chi connectivity index (χ4v) is 1.71. The molecule has 2 fully saturated rings. The molecule has 2 aliphatic rings. The van der Waals surface area contributed by atoms with Gasteiger partial charge in [-0.05, 0) is 6.92 Å². The average molecular weight is 172 g/mol. The van der Waals surface area contributed by atoms with E-state index in [2.05, 4.69) is 20.8 Å². The summed E-state index contributed by atoms with van der Waals surface area (Å²) in [4.78, 5) is 0. The van der Waals surface area contributed by atoms with Crippen LogP contribution < -0.4 is 0 Å². The highest BCUT2D eigenvalue weighted by atomic mass is 16.9. The van der Waals surface area contributed by atoms with E-state index in [0.29, 0.717) is 6.61 Å². The van der Waals surface area contributed by atoms with Crippen LogP contribution in [0.25, 0.3) is 0 Å². The Bertz CT molecular complexity index is 192. The molecule has 0 aliphatic carbocycles. The third-order valence-corrected chi connectivity index (χ3v) is 2.61. The maximum atomic E-state index is 5.79. The van der Waals surface area contributed by atoms with E-state index in [1.165, 1.54) is 0 Å². The Morgan fingerprint density at radius 3 is 2.58 bits per heavy atom. The summed E-state index contributed by atoms with van der Waals surface area (Å²) in [7, 11) is 0. The fourth-order valence-electron chi connectivity index (χ4n) is 1.71. The Balaban J connectivity index is 2.20. The minimum Gasteiger partial charge on any atom is -0.327 e. The SMILES string of the molecule is CC(C)C12OCCC(C)(CO1)O2. The topological polar surface area (TPSA) is 27.7 Å². The van der Waals surface area contributed by atoms with Crippen LogP contribution >= 0.6 is 0 Å². The van der Waals surface area contributed by atoms with E-state index in [4.69, 9.17) is 14.2 Å². The molecule has 0 aromatic heterocycles. The average Bonchev–Trinajstić information content (AvgIpc) is 2.24. The van der Waals surface area contributed by atoms with Gasteiger partial charge in [0.05, 0.1) is 18.8 Å². The van der Waals surface area contributed by atoms with Crippen molar-refractivity contribution >= 4 is 0 Å². The summed E-state index contributed by atoms with van der Waals surface area (Å²) in [5.41, 5.74) is -0.109. The Kier molecular flexibility index (Phi) is 1.72. The molecule has 12 heavy (non-hydrogen) atoms. The van der Waals surface area contributed by atoms with Crippen LogP contribution in [0, 0.1) is 5.92 Å². The van der Waals surface area contributed by atoms with Gasteiger partial charge >= 0.3 is 0 Å². The van der Waals surface area contributed by atoms with E-state index < -0.39 is 5.97 Å². The van der Waals surface area contributed by atoms with Crippen molar-refractivity contribution in [3.8, 4) is 0 Å². The van der Waals surface area contributed by atoms with Crippen LogP contribution in [0.1, 0.15) is 27.2 Å². The van der Waals surface area contributed by atoms with Crippen molar-refractivity contribution in [2.45, 2.75) is 38.8 Å². The zero-order chi connectivity index (χ0) is 8.82. The minimum atomic E-state index is -0.743. The summed E-state index contributed by atoms with van der Waals surface area (Å²) in [6, 6.07) is 0. The third kappa shape index (κ3) is 1.08. The molecule has 2 atom stereocenters. The van der Waals surface area contributed by atoms with Gasteiger partial charge in [0.1, 0.15) is 0 Å². The fraction of sp³-hybridized carbons (Fsp3) is 1.00. The molecular formula is C9H16O3. The Morgan fingerprint density at radius 2 is 2.00 bits per heavy atom. The van der Waals surface area contributed by atoms with E-state index in [9.17, 15) is 0 Å². The van der Waals surface area contributed by atoms with Crippen LogP contribution in [0.5, 0.6) is 0 Å². The molecule has 0 saturated carbocycles. The quantitative estimate of drug-likeness (QED) is 0.600. The van der Waals surface area contributed by atoms with Gasteiger partial charge < -0.3 is 14.2 Å². The zero-order valence-corrected chi connectivity index (χ0v) is 7.92. The molecule has 2 saturated heterocycles. The van der Waals surface area contributed by atoms with Crippen LogP contribution in [-0.2, 0) is 14.2 Å². The normalized spacial score (nSPS) is 47.0. The first-order chi connectivity index (χ1) is 5.56. The predicted molar refractivity (Wildman–Crippen MR) is 43.6 cm³/mol. The monoisotopic (exact) mass is 172 g/mol. The van der Waals surface area contributed by atoms with Gasteiger partial charge in [0.2, 0.25) is 0 Å². The second-order valence-corrected chi connectivity index (χ2v) is 4.20. The molecule has 2 unspecified atom stereocenters. The lowest BCUT2D eigenvalue weighted by Gasteiger charge is -2.37. The van der Waals surface area contributed by atoms with Crippen molar-refractivity contribution in [1.82, 2.24) is 0 Å². The molecule has 70 valence electrons. The first-order valence-electron chi connectivity index (χ1n) is 4.54. The van der Waals surface area contributed by atoms with Crippen LogP contribution in [0.15, 0.2) is 0 Å². The molecule has 0 spiro atoms. The van der Waals surface area contributed by atoms with Crippen LogP contribution in [0.3, 0.4) is 0 Å². The maximum Gasteiger partial charge on any atom is 0.286 e. The summed E-state index contributed by atoms with van der Waals surface area (Å²) >= 11 is 0. The first-order valence-corrected chi connectivity index (χ1v) is 4.54. The highest BCUT2D eigenvalue weighted by Gasteiger charge is 2.54. The zero-order valence-electron chi connectivity index (χ0n) is 7.92. The van der Waals surface area contributed by atoms with Gasteiger partial charge in [-0.1, -0.05) is 13.8 Å². The van der Waals surface area contributed by atoms with Crippen LogP contribution in [-0.4, -0.2) is 24.8 Å². The van der Waals surface area contributed by atoms with Gasteiger partial charge in [0.25, 0.3) is 5.97 Å². The largest absolute Gasteiger partial charge is 0.327 e. The van der Waals surface area contributed by atoms with E-state index >= 15 is 0 Å². The molecule has 0 radical (unpaired) electrons. The molecule has 2 bridgehead atoms. The molecule has 0 aromatic rings. The summed E-state index contributed by atoms with van der Waals surface area (Å²) < 4.78 is 16.9. The van der Waals surface area contributed by atoms with Gasteiger partial charge in [-0.15, -0.1) is 0 Å². The highest BCUT2D eigenvalue weighted by molar-refractivity contribution is 4.88. The van der Waals surface area contributed by atoms with Gasteiger partial charge in [-0.3, -0.25) is 0 Å². The van der Waals surface area contributed by atoms with E-state index in [1.54, 1.807) is 0 Å². The number of ether oxygens (including phenoxy) is 3. The molecule has 3 nitrogen and oxygen atoms in total. The number of hydrogen-bond donors (Lipinski definition) is 0. The molecular weight excluding hydrogens is 156 g/mol. The van der Waals surface area contributed by atoms with E-state index in [0.717, 1.165) is 13.0 Å². The molecule has 2 heterocycles. The molecule has 0 aromatic carbocycles. The summed E-state index contributed by atoms with van der Waals surface area (Å²) in [5.74, 6) is -0.493. The van der Waals surface area contributed by atoms with Crippen molar-refractivity contribution in [3.63, 3.8) is 0 Å². The molecule has 3 heteroatoms. The Labute approximate surface area is 73.0 Å². The van der Waals surface area contributed by atoms with E-state index in [1.807, 2.05) is 0 Å². The second kappa shape index (κ2) is 2.44. The van der Waals surface area contributed by atoms with Gasteiger partial charge in [-0.25, -0.2) is 0 Å². The van der Waals surface area contributed by atoms with Crippen LogP contribution in [0.4, 0.5) is 0 Å². The van der Waals surface area contributed by atoms with Crippen molar-refractivity contribution in [1.29, 1.82) is 0 Å². The number of hydrogen-bond acceptors (Lipinski definition) is 3. The third-order valence-electron chi connectivity index (χ3n) is 2.61. The molecule has 0 amide bonds. The lowest BCUT2D eigenvalue weighted by atomic mass is 10.0. The smallest absolute Gasteiger partial charge is 0.286 e. The van der Waals surface area contributed by atoms with E-state index in [-0.39, 0.29) is 11.5 Å². The van der Waals surface area contributed by atoms with Gasteiger partial charge in [0, 0.05) is 12.3 Å². The minimum absolute atomic E-state index is 0.109. The molecule has 2 rings (SSSR count). The molecule has 0 N–H and O–H groups in total. The highest BCUT2D eigenvalue weighted by Crippen LogP contribution is 2.42. The number of fused-ring (bicyclic) bond motifs is 2. The Morgan fingerprint density at radius 1 is 1.25 bits per heavy atom. The second-order valence-electron chi connectivity index (χ2n) is 4.20. The molecule has 2 aliphatic heterocycles. The Hall–Kier alpha value is -0.120. The summed E-state index contributed by atoms with van der Waals surface area (Å²) in [6.45, 7) is 7.59. The lowest BCUT2D eigenvalue weighted by Crippen LogP contribution is -2.46. The standard InChI is InChI=1S/C9H16O3/c1-7(2)9-10-5-4-8(3,12-9)6-11-9/h7H,4-6H2,1-3H3.